The van der Waals surface area contributed by atoms with Crippen molar-refractivity contribution in [2.45, 2.75) is 32.6 Å². The molecule has 0 aliphatic carbocycles. The Morgan fingerprint density at radius 1 is 0.889 bits per heavy atom. The lowest BCUT2D eigenvalue weighted by Gasteiger charge is -2.04. The molecular weight excluding hydrogens is 334 g/mol. The Morgan fingerprint density at radius 3 is 2.22 bits per heavy atom. The molecule has 1 aromatic heterocycles. The number of hydrogen-bond acceptors (Lipinski definition) is 3. The second kappa shape index (κ2) is 9.89. The highest BCUT2D eigenvalue weighted by atomic mass is 16.3. The van der Waals surface area contributed by atoms with Crippen LogP contribution in [0.5, 0.6) is 0 Å². The number of ketones is 1. The Bertz CT molecular complexity index is 837. The van der Waals surface area contributed by atoms with Crippen LogP contribution in [0.1, 0.15) is 43.0 Å². The minimum Gasteiger partial charge on any atom is -0.455 e. The van der Waals surface area contributed by atoms with Gasteiger partial charge in [-0.1, -0.05) is 80.4 Å². The van der Waals surface area contributed by atoms with E-state index in [1.807, 2.05) is 66.7 Å². The average molecular weight is 361 g/mol. The summed E-state index contributed by atoms with van der Waals surface area (Å²) >= 11 is 0. The Morgan fingerprint density at radius 2 is 1.56 bits per heavy atom. The van der Waals surface area contributed by atoms with Crippen molar-refractivity contribution < 1.29 is 9.21 Å². The minimum absolute atomic E-state index is 0.114. The van der Waals surface area contributed by atoms with Gasteiger partial charge in [-0.2, -0.15) is 0 Å². The lowest BCUT2D eigenvalue weighted by atomic mass is 10.0. The molecule has 0 saturated carbocycles. The SMILES string of the molecule is CCCCCNCCC(=O)c1cc(-c2ccccc2)oc1-c1ccccc1. The molecule has 2 aromatic carbocycles. The lowest BCUT2D eigenvalue weighted by molar-refractivity contribution is 0.0983. The van der Waals surface area contributed by atoms with Crippen molar-refractivity contribution in [2.24, 2.45) is 0 Å². The molecule has 3 nitrogen and oxygen atoms in total. The summed E-state index contributed by atoms with van der Waals surface area (Å²) in [6.07, 6.45) is 4.06. The third-order valence-electron chi connectivity index (χ3n) is 4.61. The van der Waals surface area contributed by atoms with Gasteiger partial charge in [0.2, 0.25) is 0 Å². The van der Waals surface area contributed by atoms with E-state index in [0.29, 0.717) is 24.3 Å². The van der Waals surface area contributed by atoms with Gasteiger partial charge in [0.15, 0.2) is 5.78 Å². The van der Waals surface area contributed by atoms with E-state index in [0.717, 1.165) is 29.9 Å². The Hall–Kier alpha value is -2.65. The van der Waals surface area contributed by atoms with E-state index in [4.69, 9.17) is 4.42 Å². The standard InChI is InChI=1S/C24H27NO2/c1-2-3-10-16-25-17-15-22(26)21-18-23(19-11-6-4-7-12-19)27-24(21)20-13-8-5-9-14-20/h4-9,11-14,18,25H,2-3,10,15-17H2,1H3. The normalized spacial score (nSPS) is 10.9. The van der Waals surface area contributed by atoms with Gasteiger partial charge in [0.25, 0.3) is 0 Å². The topological polar surface area (TPSA) is 42.2 Å². The van der Waals surface area contributed by atoms with Gasteiger partial charge in [0, 0.05) is 24.1 Å². The van der Waals surface area contributed by atoms with E-state index < -0.39 is 0 Å². The summed E-state index contributed by atoms with van der Waals surface area (Å²) in [4.78, 5) is 12.9. The van der Waals surface area contributed by atoms with Crippen molar-refractivity contribution in [2.75, 3.05) is 13.1 Å². The Balaban J connectivity index is 1.78. The summed E-state index contributed by atoms with van der Waals surface area (Å²) in [5.74, 6) is 1.50. The van der Waals surface area contributed by atoms with Gasteiger partial charge in [-0.15, -0.1) is 0 Å². The molecule has 3 aromatic rings. The monoisotopic (exact) mass is 361 g/mol. The Kier molecular flexibility index (Phi) is 7.00. The third kappa shape index (κ3) is 5.18. The zero-order valence-corrected chi connectivity index (χ0v) is 15.9. The first kappa shape index (κ1) is 19.1. The van der Waals surface area contributed by atoms with Gasteiger partial charge in [-0.05, 0) is 19.0 Å². The number of Topliss-reactive ketones (excluding diaryl/α,β-unsaturated/α-hetero) is 1. The van der Waals surface area contributed by atoms with Crippen LogP contribution in [0.15, 0.2) is 71.1 Å². The van der Waals surface area contributed by atoms with Gasteiger partial charge in [0.1, 0.15) is 11.5 Å². The van der Waals surface area contributed by atoms with Crippen LogP contribution in [0.2, 0.25) is 0 Å². The van der Waals surface area contributed by atoms with Gasteiger partial charge in [-0.25, -0.2) is 0 Å². The van der Waals surface area contributed by atoms with E-state index in [-0.39, 0.29) is 5.78 Å². The summed E-state index contributed by atoms with van der Waals surface area (Å²) < 4.78 is 6.13. The molecule has 0 radical (unpaired) electrons. The van der Waals surface area contributed by atoms with Crippen molar-refractivity contribution in [1.29, 1.82) is 0 Å². The van der Waals surface area contributed by atoms with Crippen molar-refractivity contribution in [3.63, 3.8) is 0 Å². The third-order valence-corrected chi connectivity index (χ3v) is 4.61. The number of benzene rings is 2. The maximum Gasteiger partial charge on any atom is 0.168 e. The molecule has 140 valence electrons. The first-order valence-electron chi connectivity index (χ1n) is 9.78. The molecule has 0 saturated heterocycles. The van der Waals surface area contributed by atoms with Crippen molar-refractivity contribution in [1.82, 2.24) is 5.32 Å². The number of nitrogens with one attached hydrogen (secondary N) is 1. The van der Waals surface area contributed by atoms with E-state index in [1.165, 1.54) is 12.8 Å². The smallest absolute Gasteiger partial charge is 0.168 e. The van der Waals surface area contributed by atoms with Gasteiger partial charge >= 0.3 is 0 Å². The highest BCUT2D eigenvalue weighted by Crippen LogP contribution is 2.33. The number of rotatable bonds is 10. The largest absolute Gasteiger partial charge is 0.455 e. The van der Waals surface area contributed by atoms with Crippen LogP contribution < -0.4 is 5.32 Å². The molecule has 0 spiro atoms. The van der Waals surface area contributed by atoms with Crippen LogP contribution in [0, 0.1) is 0 Å². The first-order chi connectivity index (χ1) is 13.3. The molecule has 1 N–H and O–H groups in total. The van der Waals surface area contributed by atoms with E-state index in [1.54, 1.807) is 0 Å². The molecule has 0 aliphatic rings. The fraction of sp³-hybridized carbons (Fsp3) is 0.292. The van der Waals surface area contributed by atoms with Gasteiger partial charge in [-0.3, -0.25) is 4.79 Å². The number of hydrogen-bond donors (Lipinski definition) is 1. The van der Waals surface area contributed by atoms with Crippen LogP contribution in [0.3, 0.4) is 0 Å². The summed E-state index contributed by atoms with van der Waals surface area (Å²) in [6.45, 7) is 3.85. The highest BCUT2D eigenvalue weighted by Gasteiger charge is 2.19. The van der Waals surface area contributed by atoms with Crippen LogP contribution >= 0.6 is 0 Å². The summed E-state index contributed by atoms with van der Waals surface area (Å²) in [5, 5.41) is 3.37. The second-order valence-electron chi connectivity index (χ2n) is 6.72. The molecule has 0 unspecified atom stereocenters. The lowest BCUT2D eigenvalue weighted by Crippen LogP contribution is -2.19. The quantitative estimate of drug-likeness (QED) is 0.357. The molecule has 0 bridgehead atoms. The van der Waals surface area contributed by atoms with E-state index in [2.05, 4.69) is 12.2 Å². The molecular formula is C24H27NO2. The molecule has 0 aliphatic heterocycles. The molecule has 3 heteroatoms. The maximum atomic E-state index is 12.9. The van der Waals surface area contributed by atoms with Crippen LogP contribution in [-0.2, 0) is 0 Å². The summed E-state index contributed by atoms with van der Waals surface area (Å²) in [5.41, 5.74) is 2.57. The van der Waals surface area contributed by atoms with E-state index in [9.17, 15) is 4.79 Å². The van der Waals surface area contributed by atoms with Crippen LogP contribution in [0.25, 0.3) is 22.6 Å². The van der Waals surface area contributed by atoms with Crippen LogP contribution in [0.4, 0.5) is 0 Å². The zero-order valence-electron chi connectivity index (χ0n) is 15.9. The number of unbranched alkanes of at least 4 members (excludes halogenated alkanes) is 2. The first-order valence-corrected chi connectivity index (χ1v) is 9.78. The van der Waals surface area contributed by atoms with Gasteiger partial charge in [0.05, 0.1) is 5.56 Å². The fourth-order valence-corrected chi connectivity index (χ4v) is 3.11. The molecule has 0 fully saturated rings. The summed E-state index contributed by atoms with van der Waals surface area (Å²) in [7, 11) is 0. The van der Waals surface area contributed by atoms with Crippen molar-refractivity contribution >= 4 is 5.78 Å². The number of carbonyl (C=O) groups is 1. The predicted molar refractivity (Wildman–Crippen MR) is 111 cm³/mol. The molecule has 3 rings (SSSR count). The second-order valence-corrected chi connectivity index (χ2v) is 6.72. The molecule has 1 heterocycles. The molecule has 0 amide bonds. The Labute approximate surface area is 161 Å². The highest BCUT2D eigenvalue weighted by molar-refractivity contribution is 6.02. The maximum absolute atomic E-state index is 12.9. The summed E-state index contributed by atoms with van der Waals surface area (Å²) in [6, 6.07) is 21.6. The number of furan rings is 1. The van der Waals surface area contributed by atoms with Gasteiger partial charge < -0.3 is 9.73 Å². The van der Waals surface area contributed by atoms with Crippen LogP contribution in [-0.4, -0.2) is 18.9 Å². The number of carbonyl (C=O) groups excluding carboxylic acids is 1. The minimum atomic E-state index is 0.114. The molecule has 27 heavy (non-hydrogen) atoms. The van der Waals surface area contributed by atoms with Crippen molar-refractivity contribution in [3.05, 3.63) is 72.3 Å². The molecule has 0 atom stereocenters. The average Bonchev–Trinajstić information content (AvgIpc) is 3.17. The predicted octanol–water partition coefficient (Wildman–Crippen LogP) is 5.97. The van der Waals surface area contributed by atoms with Crippen molar-refractivity contribution in [3.8, 4) is 22.6 Å². The van der Waals surface area contributed by atoms with E-state index >= 15 is 0 Å². The fourth-order valence-electron chi connectivity index (χ4n) is 3.11. The zero-order chi connectivity index (χ0) is 18.9.